The Labute approximate surface area is 157 Å². The van der Waals surface area contributed by atoms with E-state index in [1.165, 1.54) is 7.11 Å². The Balaban J connectivity index is 1.67. The van der Waals surface area contributed by atoms with Crippen LogP contribution < -0.4 is 0 Å². The standard InChI is InChI=1S/C21H22N2O4/c1-11-18-12(7-8-27-11)9-16-19-14(13-5-3-4-6-15(13)22-19)10-17(21(25)26-2)23(16)20(18)24/h3-8,11-12,16-18,22H,9-10H2,1-2H3/t11-,12-,16-,17-,18-/m0/s1. The van der Waals surface area contributed by atoms with Crippen LogP contribution in [0, 0.1) is 11.8 Å². The van der Waals surface area contributed by atoms with Crippen LogP contribution in [0.5, 0.6) is 0 Å². The van der Waals surface area contributed by atoms with Crippen LogP contribution in [0.2, 0.25) is 0 Å². The van der Waals surface area contributed by atoms with E-state index >= 15 is 0 Å². The highest BCUT2D eigenvalue weighted by atomic mass is 16.5. The SMILES string of the molecule is COC(=O)[C@@H]1Cc2c([nH]c3ccccc23)[C@@H]2C[C@@H]3C=CO[C@@H](C)[C@@H]3C(=O)N12. The summed E-state index contributed by atoms with van der Waals surface area (Å²) in [5, 5.41) is 1.12. The van der Waals surface area contributed by atoms with Crippen LogP contribution in [0.1, 0.15) is 30.6 Å². The fourth-order valence-electron chi connectivity index (χ4n) is 5.11. The first-order valence-electron chi connectivity index (χ1n) is 9.41. The average molecular weight is 366 g/mol. The van der Waals surface area contributed by atoms with Gasteiger partial charge in [0.15, 0.2) is 0 Å². The van der Waals surface area contributed by atoms with Gasteiger partial charge in [-0.2, -0.15) is 0 Å². The summed E-state index contributed by atoms with van der Waals surface area (Å²) < 4.78 is 10.7. The van der Waals surface area contributed by atoms with Gasteiger partial charge in [-0.25, -0.2) is 4.79 Å². The Morgan fingerprint density at radius 3 is 2.96 bits per heavy atom. The third-order valence-corrected chi connectivity index (χ3v) is 6.34. The number of hydrogen-bond donors (Lipinski definition) is 1. The number of aromatic amines is 1. The monoisotopic (exact) mass is 366 g/mol. The molecule has 1 aromatic heterocycles. The smallest absolute Gasteiger partial charge is 0.328 e. The van der Waals surface area contributed by atoms with Crippen molar-refractivity contribution in [2.75, 3.05) is 7.11 Å². The molecule has 5 rings (SSSR count). The molecule has 0 aliphatic carbocycles. The fraction of sp³-hybridized carbons (Fsp3) is 0.429. The van der Waals surface area contributed by atoms with Gasteiger partial charge in [0.1, 0.15) is 12.1 Å². The first-order valence-corrected chi connectivity index (χ1v) is 9.41. The number of esters is 1. The Bertz CT molecular complexity index is 962. The number of fused-ring (bicyclic) bond motifs is 6. The Hall–Kier alpha value is -2.76. The van der Waals surface area contributed by atoms with Gasteiger partial charge in [-0.3, -0.25) is 4.79 Å². The molecule has 1 amide bonds. The number of hydrogen-bond acceptors (Lipinski definition) is 4. The number of allylic oxidation sites excluding steroid dienone is 1. The second kappa shape index (κ2) is 5.87. The summed E-state index contributed by atoms with van der Waals surface area (Å²) in [7, 11) is 1.38. The fourth-order valence-corrected chi connectivity index (χ4v) is 5.11. The van der Waals surface area contributed by atoms with Crippen LogP contribution in [0.4, 0.5) is 0 Å². The maximum Gasteiger partial charge on any atom is 0.328 e. The number of para-hydroxylation sites is 1. The summed E-state index contributed by atoms with van der Waals surface area (Å²) in [6, 6.07) is 7.34. The summed E-state index contributed by atoms with van der Waals surface area (Å²) in [6.45, 7) is 1.92. The van der Waals surface area contributed by atoms with E-state index in [2.05, 4.69) is 11.1 Å². The number of H-pyrrole nitrogens is 1. The van der Waals surface area contributed by atoms with Gasteiger partial charge in [0.05, 0.1) is 25.3 Å². The van der Waals surface area contributed by atoms with Gasteiger partial charge in [0.2, 0.25) is 5.91 Å². The van der Waals surface area contributed by atoms with Crippen molar-refractivity contribution in [3.8, 4) is 0 Å². The van der Waals surface area contributed by atoms with Crippen LogP contribution in [-0.4, -0.2) is 41.0 Å². The lowest BCUT2D eigenvalue weighted by atomic mass is 9.73. The molecular weight excluding hydrogens is 344 g/mol. The number of carbonyl (C=O) groups is 2. The maximum absolute atomic E-state index is 13.5. The largest absolute Gasteiger partial charge is 0.498 e. The predicted octanol–water partition coefficient (Wildman–Crippen LogP) is 2.70. The summed E-state index contributed by atoms with van der Waals surface area (Å²) in [4.78, 5) is 31.3. The maximum atomic E-state index is 13.5. The number of aromatic nitrogens is 1. The van der Waals surface area contributed by atoms with Crippen molar-refractivity contribution in [3.05, 3.63) is 47.9 Å². The van der Waals surface area contributed by atoms with Crippen molar-refractivity contribution in [3.63, 3.8) is 0 Å². The van der Waals surface area contributed by atoms with E-state index in [0.29, 0.717) is 6.42 Å². The number of carbonyl (C=O) groups excluding carboxylic acids is 2. The quantitative estimate of drug-likeness (QED) is 0.788. The zero-order valence-electron chi connectivity index (χ0n) is 15.3. The number of benzene rings is 1. The van der Waals surface area contributed by atoms with E-state index in [1.807, 2.05) is 31.2 Å². The average Bonchev–Trinajstić information content (AvgIpc) is 3.06. The third-order valence-electron chi connectivity index (χ3n) is 6.34. The minimum Gasteiger partial charge on any atom is -0.498 e. The van der Waals surface area contributed by atoms with E-state index in [4.69, 9.17) is 9.47 Å². The van der Waals surface area contributed by atoms with E-state index < -0.39 is 6.04 Å². The molecule has 0 radical (unpaired) electrons. The topological polar surface area (TPSA) is 71.6 Å². The van der Waals surface area contributed by atoms with Crippen LogP contribution in [0.25, 0.3) is 10.9 Å². The van der Waals surface area contributed by atoms with Crippen molar-refractivity contribution in [1.29, 1.82) is 0 Å². The van der Waals surface area contributed by atoms with E-state index in [0.717, 1.165) is 28.6 Å². The summed E-state index contributed by atoms with van der Waals surface area (Å²) in [5.41, 5.74) is 3.21. The molecule has 1 saturated heterocycles. The first kappa shape index (κ1) is 16.4. The molecule has 3 aliphatic heterocycles. The van der Waals surface area contributed by atoms with Crippen molar-refractivity contribution in [2.45, 2.75) is 38.0 Å². The van der Waals surface area contributed by atoms with Gasteiger partial charge in [-0.1, -0.05) is 18.2 Å². The number of ether oxygens (including phenoxy) is 2. The molecule has 6 nitrogen and oxygen atoms in total. The van der Waals surface area contributed by atoms with Crippen molar-refractivity contribution >= 4 is 22.8 Å². The number of nitrogens with one attached hydrogen (secondary N) is 1. The molecule has 3 aliphatic rings. The van der Waals surface area contributed by atoms with Gasteiger partial charge < -0.3 is 19.4 Å². The summed E-state index contributed by atoms with van der Waals surface area (Å²) in [6.07, 6.45) is 4.74. The molecule has 1 fully saturated rings. The van der Waals surface area contributed by atoms with Gasteiger partial charge in [-0.15, -0.1) is 0 Å². The van der Waals surface area contributed by atoms with E-state index in [-0.39, 0.29) is 35.9 Å². The molecule has 0 saturated carbocycles. The van der Waals surface area contributed by atoms with Crippen LogP contribution >= 0.6 is 0 Å². The second-order valence-electron chi connectivity index (χ2n) is 7.66. The van der Waals surface area contributed by atoms with E-state index in [9.17, 15) is 9.59 Å². The van der Waals surface area contributed by atoms with Crippen molar-refractivity contribution in [1.82, 2.24) is 9.88 Å². The van der Waals surface area contributed by atoms with Crippen LogP contribution in [0.3, 0.4) is 0 Å². The van der Waals surface area contributed by atoms with Gasteiger partial charge >= 0.3 is 5.97 Å². The molecule has 0 spiro atoms. The number of nitrogens with zero attached hydrogens (tertiary/aromatic N) is 1. The molecular formula is C21H22N2O4. The molecule has 6 heteroatoms. The lowest BCUT2D eigenvalue weighted by molar-refractivity contribution is -0.166. The highest BCUT2D eigenvalue weighted by Gasteiger charge is 2.52. The molecule has 0 bridgehead atoms. The Kier molecular flexibility index (Phi) is 3.57. The van der Waals surface area contributed by atoms with E-state index in [1.54, 1.807) is 11.2 Å². The minimum absolute atomic E-state index is 0.0205. The molecule has 27 heavy (non-hydrogen) atoms. The molecule has 1 aromatic carbocycles. The number of rotatable bonds is 1. The Morgan fingerprint density at radius 2 is 2.15 bits per heavy atom. The Morgan fingerprint density at radius 1 is 1.33 bits per heavy atom. The highest BCUT2D eigenvalue weighted by molar-refractivity contribution is 5.92. The molecule has 5 atom stereocenters. The van der Waals surface area contributed by atoms with Crippen LogP contribution in [-0.2, 0) is 25.5 Å². The number of methoxy groups -OCH3 is 1. The predicted molar refractivity (Wildman–Crippen MR) is 98.7 cm³/mol. The number of amides is 1. The third kappa shape index (κ3) is 2.25. The molecule has 1 N–H and O–H groups in total. The van der Waals surface area contributed by atoms with Crippen LogP contribution in [0.15, 0.2) is 36.6 Å². The summed E-state index contributed by atoms with van der Waals surface area (Å²) >= 11 is 0. The zero-order valence-corrected chi connectivity index (χ0v) is 15.3. The van der Waals surface area contributed by atoms with Gasteiger partial charge in [-0.05, 0) is 37.0 Å². The second-order valence-corrected chi connectivity index (χ2v) is 7.66. The lowest BCUT2D eigenvalue weighted by Crippen LogP contribution is -2.59. The molecule has 4 heterocycles. The molecule has 140 valence electrons. The minimum atomic E-state index is -0.599. The normalized spacial score (nSPS) is 31.7. The van der Waals surface area contributed by atoms with Gasteiger partial charge in [0.25, 0.3) is 0 Å². The first-order chi connectivity index (χ1) is 13.1. The molecule has 2 aromatic rings. The van der Waals surface area contributed by atoms with Crippen molar-refractivity contribution < 1.29 is 19.1 Å². The van der Waals surface area contributed by atoms with Crippen molar-refractivity contribution in [2.24, 2.45) is 11.8 Å². The zero-order chi connectivity index (χ0) is 18.7. The highest BCUT2D eigenvalue weighted by Crippen LogP contribution is 2.47. The summed E-state index contributed by atoms with van der Waals surface area (Å²) in [5.74, 6) is -0.530. The lowest BCUT2D eigenvalue weighted by Gasteiger charge is -2.49. The molecule has 0 unspecified atom stereocenters. The van der Waals surface area contributed by atoms with Gasteiger partial charge in [0, 0.05) is 23.0 Å². The number of piperidine rings is 1.